The first-order chi connectivity index (χ1) is 21.5. The van der Waals surface area contributed by atoms with Gasteiger partial charge in [0.2, 0.25) is 5.88 Å². The van der Waals surface area contributed by atoms with Crippen molar-refractivity contribution >= 4 is 39.5 Å². The number of H-pyrrole nitrogens is 1. The van der Waals surface area contributed by atoms with Crippen LogP contribution >= 0.6 is 0 Å². The van der Waals surface area contributed by atoms with E-state index in [1.165, 1.54) is 23.4 Å². The van der Waals surface area contributed by atoms with E-state index in [1.807, 2.05) is 30.4 Å². The van der Waals surface area contributed by atoms with Gasteiger partial charge in [0.1, 0.15) is 22.9 Å². The molecule has 3 N–H and O–H groups in total. The maximum atomic E-state index is 16.6. The standard InChI is InChI=1S/C31H28FN7O5S/c1-45(42,43)28-25-7-10-30(38-25,26-16-27(34-18-33-26)44-24-8-12-39(13-9-24)29(40)41)17-23-5-4-20(36-23)14-19-2-3-21(35-19)15-22-6-11-31(28,32)37-22/h2-7,10-11,14-18,24,35,38H,8-9,12-13H2,1H3,(H,40,41). The molecule has 7 rings (SSSR count). The Labute approximate surface area is 257 Å². The van der Waals surface area contributed by atoms with E-state index in [-0.39, 0.29) is 23.4 Å². The fourth-order valence-electron chi connectivity index (χ4n) is 5.95. The van der Waals surface area contributed by atoms with E-state index in [1.54, 1.807) is 24.3 Å². The van der Waals surface area contributed by atoms with Gasteiger partial charge in [-0.25, -0.2) is 37.6 Å². The first-order valence-corrected chi connectivity index (χ1v) is 16.1. The third-order valence-electron chi connectivity index (χ3n) is 8.02. The lowest BCUT2D eigenvalue weighted by Gasteiger charge is -2.30. The molecule has 0 saturated carbocycles. The molecule has 0 aromatic carbocycles. The number of carbonyl (C=O) groups is 1. The minimum Gasteiger partial charge on any atom is -0.474 e. The number of carboxylic acid groups (broad SMARTS) is 1. The number of amides is 1. The normalized spacial score (nSPS) is 25.7. The van der Waals surface area contributed by atoms with E-state index in [0.717, 1.165) is 17.7 Å². The summed E-state index contributed by atoms with van der Waals surface area (Å²) in [5.41, 5.74) is 0.647. The molecule has 2 aromatic heterocycles. The Kier molecular flexibility index (Phi) is 6.69. The van der Waals surface area contributed by atoms with Gasteiger partial charge in [-0.05, 0) is 66.8 Å². The first-order valence-electron chi connectivity index (χ1n) is 14.2. The molecule has 5 aliphatic heterocycles. The summed E-state index contributed by atoms with van der Waals surface area (Å²) in [5.74, 6) is -2.39. The van der Waals surface area contributed by atoms with Crippen molar-refractivity contribution in [3.8, 4) is 5.88 Å². The van der Waals surface area contributed by atoms with Crippen molar-refractivity contribution in [2.45, 2.75) is 30.3 Å². The van der Waals surface area contributed by atoms with Crippen LogP contribution in [-0.4, -0.2) is 82.1 Å². The molecule has 1 amide bonds. The van der Waals surface area contributed by atoms with Crippen LogP contribution in [0.3, 0.4) is 0 Å². The summed E-state index contributed by atoms with van der Waals surface area (Å²) < 4.78 is 49.1. The SMILES string of the molecule is CS(=O)(=O)C1=C2C=CC(c3cc(OC4CCN(C(=O)O)CC4)ncn3)(C=C3C=CC(=N3)C=c3ccc([nH]3)=CC3=NC1(F)C=C3)N2. The number of piperidine rings is 1. The van der Waals surface area contributed by atoms with Crippen molar-refractivity contribution in [3.63, 3.8) is 0 Å². The molecule has 0 aliphatic carbocycles. The van der Waals surface area contributed by atoms with E-state index < -0.39 is 32.2 Å². The third-order valence-corrected chi connectivity index (χ3v) is 9.27. The van der Waals surface area contributed by atoms with Gasteiger partial charge < -0.3 is 25.0 Å². The van der Waals surface area contributed by atoms with Crippen molar-refractivity contribution in [2.24, 2.45) is 9.98 Å². The zero-order chi connectivity index (χ0) is 31.4. The summed E-state index contributed by atoms with van der Waals surface area (Å²) in [6.45, 7) is 0.686. The van der Waals surface area contributed by atoms with Crippen molar-refractivity contribution in [1.29, 1.82) is 0 Å². The number of hydrogen-bond acceptors (Lipinski definition) is 9. The van der Waals surface area contributed by atoms with Crippen LogP contribution in [0, 0.1) is 0 Å². The average molecular weight is 630 g/mol. The van der Waals surface area contributed by atoms with Gasteiger partial charge in [0.25, 0.3) is 5.79 Å². The number of likely N-dealkylation sites (tertiary alicyclic amines) is 1. The molecule has 2 atom stereocenters. The molecule has 5 aliphatic rings. The number of halogens is 1. The molecule has 14 heteroatoms. The highest BCUT2D eigenvalue weighted by molar-refractivity contribution is 7.94. The van der Waals surface area contributed by atoms with Crippen LogP contribution in [0.4, 0.5) is 9.18 Å². The highest BCUT2D eigenvalue weighted by atomic mass is 32.2. The molecule has 8 bridgehead atoms. The Bertz CT molecular complexity index is 2070. The lowest BCUT2D eigenvalue weighted by molar-refractivity contribution is 0.0869. The zero-order valence-corrected chi connectivity index (χ0v) is 24.8. The number of hydrogen-bond donors (Lipinski definition) is 3. The first kappa shape index (κ1) is 28.6. The predicted molar refractivity (Wildman–Crippen MR) is 165 cm³/mol. The third kappa shape index (κ3) is 5.52. The van der Waals surface area contributed by atoms with Crippen LogP contribution in [0.25, 0.3) is 12.2 Å². The van der Waals surface area contributed by atoms with Crippen LogP contribution in [0.15, 0.2) is 93.3 Å². The van der Waals surface area contributed by atoms with Crippen molar-refractivity contribution in [1.82, 2.24) is 25.2 Å². The van der Waals surface area contributed by atoms with Gasteiger partial charge in [0, 0.05) is 49.0 Å². The van der Waals surface area contributed by atoms with Gasteiger partial charge in [0.15, 0.2) is 9.84 Å². The number of sulfone groups is 1. The van der Waals surface area contributed by atoms with E-state index in [2.05, 4.69) is 25.3 Å². The summed E-state index contributed by atoms with van der Waals surface area (Å²) in [6.07, 6.45) is 16.8. The van der Waals surface area contributed by atoms with E-state index >= 15 is 4.39 Å². The van der Waals surface area contributed by atoms with Gasteiger partial charge in [-0.1, -0.05) is 0 Å². The lowest BCUT2D eigenvalue weighted by atomic mass is 9.94. The second kappa shape index (κ2) is 10.5. The molecule has 12 nitrogen and oxygen atoms in total. The number of alkyl halides is 1. The Balaban J connectivity index is 1.34. The van der Waals surface area contributed by atoms with Crippen LogP contribution in [0.2, 0.25) is 0 Å². The topological polar surface area (TPSA) is 162 Å². The number of nitrogens with one attached hydrogen (secondary N) is 2. The van der Waals surface area contributed by atoms with Gasteiger partial charge >= 0.3 is 6.09 Å². The van der Waals surface area contributed by atoms with Crippen LogP contribution in [-0.2, 0) is 15.4 Å². The van der Waals surface area contributed by atoms with Gasteiger partial charge in [0.05, 0.1) is 28.5 Å². The molecule has 7 heterocycles. The minimum absolute atomic E-state index is 0.0145. The number of fused-ring (bicyclic) bond motifs is 6. The summed E-state index contributed by atoms with van der Waals surface area (Å²) >= 11 is 0. The van der Waals surface area contributed by atoms with Gasteiger partial charge in [-0.2, -0.15) is 0 Å². The minimum atomic E-state index is -4.13. The molecular formula is C31H28FN7O5S. The Hall–Kier alpha value is -5.11. The summed E-state index contributed by atoms with van der Waals surface area (Å²) in [4.78, 5) is 33.0. The fraction of sp³-hybridized carbons (Fsp3) is 0.258. The summed E-state index contributed by atoms with van der Waals surface area (Å²) in [7, 11) is -4.13. The monoisotopic (exact) mass is 629 g/mol. The Morgan fingerprint density at radius 1 is 1.07 bits per heavy atom. The van der Waals surface area contributed by atoms with Gasteiger partial charge in [-0.15, -0.1) is 0 Å². The Morgan fingerprint density at radius 2 is 1.82 bits per heavy atom. The Morgan fingerprint density at radius 3 is 2.56 bits per heavy atom. The van der Waals surface area contributed by atoms with Crippen molar-refractivity contribution in [3.05, 3.63) is 99.7 Å². The largest absolute Gasteiger partial charge is 0.474 e. The number of aliphatic imine (C=N–C) groups is 2. The number of aromatic amines is 1. The van der Waals surface area contributed by atoms with Crippen LogP contribution in [0.1, 0.15) is 18.5 Å². The number of allylic oxidation sites excluding steroid dienone is 4. The number of aromatic nitrogens is 3. The van der Waals surface area contributed by atoms with Crippen molar-refractivity contribution < 1.29 is 27.4 Å². The number of rotatable bonds is 4. The van der Waals surface area contributed by atoms with E-state index in [9.17, 15) is 18.3 Å². The molecule has 2 aromatic rings. The second-order valence-corrected chi connectivity index (χ2v) is 13.3. The average Bonchev–Trinajstić information content (AvgIpc) is 3.78. The number of nitrogens with zero attached hydrogens (tertiary/aromatic N) is 5. The summed E-state index contributed by atoms with van der Waals surface area (Å²) in [6, 6.07) is 5.30. The highest BCUT2D eigenvalue weighted by Crippen LogP contribution is 2.40. The summed E-state index contributed by atoms with van der Waals surface area (Å²) in [5, 5.41) is 13.9. The molecule has 1 saturated heterocycles. The maximum Gasteiger partial charge on any atom is 0.407 e. The van der Waals surface area contributed by atoms with Crippen LogP contribution in [0.5, 0.6) is 5.88 Å². The maximum absolute atomic E-state index is 16.6. The smallest absolute Gasteiger partial charge is 0.407 e. The zero-order valence-electron chi connectivity index (χ0n) is 24.0. The highest BCUT2D eigenvalue weighted by Gasteiger charge is 2.45. The molecule has 1 fully saturated rings. The quantitative estimate of drug-likeness (QED) is 0.431. The molecule has 2 unspecified atom stereocenters. The van der Waals surface area contributed by atoms with E-state index in [4.69, 9.17) is 9.73 Å². The molecule has 230 valence electrons. The second-order valence-electron chi connectivity index (χ2n) is 11.3. The predicted octanol–water partition coefficient (Wildman–Crippen LogP) is 1.78. The van der Waals surface area contributed by atoms with Crippen LogP contribution < -0.4 is 20.8 Å². The molecule has 0 spiro atoms. The van der Waals surface area contributed by atoms with Crippen molar-refractivity contribution in [2.75, 3.05) is 19.3 Å². The molecular weight excluding hydrogens is 601 g/mol. The molecule has 45 heavy (non-hydrogen) atoms. The van der Waals surface area contributed by atoms with Gasteiger partial charge in [-0.3, -0.25) is 0 Å². The molecule has 0 radical (unpaired) electrons. The van der Waals surface area contributed by atoms with E-state index in [0.29, 0.717) is 48.4 Å². The fourth-order valence-corrected chi connectivity index (χ4v) is 7.10. The number of ether oxygens (including phenoxy) is 1. The lowest BCUT2D eigenvalue weighted by Crippen LogP contribution is -2.41.